The minimum Gasteiger partial charge on any atom is -0.271 e. The highest BCUT2D eigenvalue weighted by atomic mass is 15.6. The van der Waals surface area contributed by atoms with Gasteiger partial charge in [0, 0.05) is 17.9 Å². The molecule has 21 heavy (non-hydrogen) atoms. The first-order valence-electron chi connectivity index (χ1n) is 7.49. The largest absolute Gasteiger partial charge is 0.271 e. The van der Waals surface area contributed by atoms with Crippen LogP contribution in [0.25, 0.3) is 0 Å². The Hall–Kier alpha value is -1.79. The maximum absolute atomic E-state index is 5.90. The van der Waals surface area contributed by atoms with Crippen molar-refractivity contribution < 1.29 is 0 Å². The molecule has 1 heterocycles. The van der Waals surface area contributed by atoms with Crippen molar-refractivity contribution in [2.24, 2.45) is 12.9 Å². The second-order valence-corrected chi connectivity index (χ2v) is 5.85. The predicted molar refractivity (Wildman–Crippen MR) is 80.2 cm³/mol. The maximum atomic E-state index is 5.90. The van der Waals surface area contributed by atoms with Crippen LogP contribution in [0.3, 0.4) is 0 Å². The molecule has 0 saturated heterocycles. The molecule has 1 saturated carbocycles. The Morgan fingerprint density at radius 3 is 2.57 bits per heavy atom. The van der Waals surface area contributed by atoms with Crippen molar-refractivity contribution in [1.82, 2.24) is 25.6 Å². The molecule has 1 atom stereocenters. The third-order valence-corrected chi connectivity index (χ3v) is 4.65. The number of hydrogen-bond acceptors (Lipinski definition) is 5. The summed E-state index contributed by atoms with van der Waals surface area (Å²) >= 11 is 0. The van der Waals surface area contributed by atoms with Crippen LogP contribution in [-0.4, -0.2) is 26.2 Å². The molecule has 0 aliphatic heterocycles. The summed E-state index contributed by atoms with van der Waals surface area (Å²) in [6.07, 6.45) is 5.46. The van der Waals surface area contributed by atoms with E-state index in [9.17, 15) is 0 Å². The molecular weight excluding hydrogens is 264 g/mol. The molecule has 2 aromatic rings. The lowest BCUT2D eigenvalue weighted by Crippen LogP contribution is -2.51. The fraction of sp³-hybridized carbons (Fsp3) is 0.533. The molecule has 1 aromatic carbocycles. The molecule has 1 aliphatic carbocycles. The van der Waals surface area contributed by atoms with Gasteiger partial charge in [0.2, 0.25) is 0 Å². The van der Waals surface area contributed by atoms with E-state index in [0.29, 0.717) is 6.42 Å². The second-order valence-electron chi connectivity index (χ2n) is 5.85. The number of rotatable bonds is 5. The van der Waals surface area contributed by atoms with Gasteiger partial charge in [-0.25, -0.2) is 0 Å². The predicted octanol–water partition coefficient (Wildman–Crippen LogP) is 1.10. The molecular formula is C15H22N6. The van der Waals surface area contributed by atoms with E-state index in [2.05, 4.69) is 51.2 Å². The molecule has 3 N–H and O–H groups in total. The summed E-state index contributed by atoms with van der Waals surface area (Å²) in [6.45, 7) is 0. The maximum Gasteiger partial charge on any atom is 0.176 e. The fourth-order valence-electron chi connectivity index (χ4n) is 3.62. The smallest absolute Gasteiger partial charge is 0.176 e. The molecule has 6 nitrogen and oxygen atoms in total. The van der Waals surface area contributed by atoms with Gasteiger partial charge in [-0.3, -0.25) is 11.3 Å². The van der Waals surface area contributed by atoms with Gasteiger partial charge in [-0.2, -0.15) is 4.80 Å². The van der Waals surface area contributed by atoms with Crippen molar-refractivity contribution in [3.8, 4) is 0 Å². The Balaban J connectivity index is 1.91. The first-order valence-corrected chi connectivity index (χ1v) is 7.49. The quantitative estimate of drug-likeness (QED) is 0.635. The third-order valence-electron chi connectivity index (χ3n) is 4.65. The molecule has 0 bridgehead atoms. The molecule has 1 unspecified atom stereocenters. The Labute approximate surface area is 124 Å². The van der Waals surface area contributed by atoms with Crippen molar-refractivity contribution >= 4 is 0 Å². The van der Waals surface area contributed by atoms with Crippen LogP contribution in [0.4, 0.5) is 0 Å². The minimum atomic E-state index is 0.0647. The lowest BCUT2D eigenvalue weighted by Gasteiger charge is -2.37. The summed E-state index contributed by atoms with van der Waals surface area (Å²) in [5.74, 6) is 6.64. The van der Waals surface area contributed by atoms with Crippen LogP contribution in [-0.2, 0) is 18.9 Å². The Morgan fingerprint density at radius 1 is 1.29 bits per heavy atom. The fourth-order valence-corrected chi connectivity index (χ4v) is 3.62. The zero-order valence-electron chi connectivity index (χ0n) is 12.4. The van der Waals surface area contributed by atoms with Crippen LogP contribution in [0.2, 0.25) is 0 Å². The molecule has 0 spiro atoms. The highest BCUT2D eigenvalue weighted by molar-refractivity contribution is 5.29. The first-order chi connectivity index (χ1) is 10.2. The average molecular weight is 286 g/mol. The Kier molecular flexibility index (Phi) is 3.98. The molecule has 3 rings (SSSR count). The molecule has 1 fully saturated rings. The van der Waals surface area contributed by atoms with E-state index < -0.39 is 0 Å². The van der Waals surface area contributed by atoms with Crippen LogP contribution < -0.4 is 11.3 Å². The molecule has 0 amide bonds. The van der Waals surface area contributed by atoms with E-state index >= 15 is 0 Å². The lowest BCUT2D eigenvalue weighted by molar-refractivity contribution is 0.292. The second kappa shape index (κ2) is 5.91. The van der Waals surface area contributed by atoms with E-state index in [0.717, 1.165) is 18.7 Å². The third kappa shape index (κ3) is 2.69. The van der Waals surface area contributed by atoms with Crippen LogP contribution in [0, 0.1) is 0 Å². The lowest BCUT2D eigenvalue weighted by atomic mass is 9.71. The Bertz CT molecular complexity index is 573. The highest BCUT2D eigenvalue weighted by Gasteiger charge is 2.42. The van der Waals surface area contributed by atoms with Crippen LogP contribution in [0.1, 0.15) is 37.1 Å². The standard InChI is InChI=1S/C15H22N6/c1-21-19-14(18-20-21)11-13(17-16)15(9-5-6-10-15)12-7-3-2-4-8-12/h2-4,7-8,13,17H,5-6,9-11,16H2,1H3. The van der Waals surface area contributed by atoms with E-state index in [1.54, 1.807) is 7.05 Å². The van der Waals surface area contributed by atoms with Crippen LogP contribution >= 0.6 is 0 Å². The van der Waals surface area contributed by atoms with Gasteiger partial charge >= 0.3 is 0 Å². The number of nitrogens with one attached hydrogen (secondary N) is 1. The van der Waals surface area contributed by atoms with Gasteiger partial charge in [0.25, 0.3) is 0 Å². The number of hydrazine groups is 1. The normalized spacial score (nSPS) is 18.8. The van der Waals surface area contributed by atoms with Gasteiger partial charge in [-0.1, -0.05) is 43.2 Å². The first kappa shape index (κ1) is 14.2. The van der Waals surface area contributed by atoms with Gasteiger partial charge in [0.15, 0.2) is 5.82 Å². The number of nitrogens with two attached hydrogens (primary N) is 1. The SMILES string of the molecule is Cn1nnc(CC(NN)C2(c3ccccc3)CCCC2)n1. The van der Waals surface area contributed by atoms with Crippen molar-refractivity contribution in [3.63, 3.8) is 0 Å². The van der Waals surface area contributed by atoms with Gasteiger partial charge < -0.3 is 0 Å². The monoisotopic (exact) mass is 286 g/mol. The van der Waals surface area contributed by atoms with E-state index in [4.69, 9.17) is 5.84 Å². The van der Waals surface area contributed by atoms with Crippen molar-refractivity contribution in [2.75, 3.05) is 0 Å². The summed E-state index contributed by atoms with van der Waals surface area (Å²) < 4.78 is 0. The highest BCUT2D eigenvalue weighted by Crippen LogP contribution is 2.44. The molecule has 1 aromatic heterocycles. The zero-order valence-corrected chi connectivity index (χ0v) is 12.4. The van der Waals surface area contributed by atoms with E-state index in [1.807, 2.05) is 0 Å². The zero-order chi connectivity index (χ0) is 14.7. The minimum absolute atomic E-state index is 0.0647. The van der Waals surface area contributed by atoms with Crippen LogP contribution in [0.15, 0.2) is 30.3 Å². The number of nitrogens with zero attached hydrogens (tertiary/aromatic N) is 4. The topological polar surface area (TPSA) is 81.7 Å². The number of hydrogen-bond donors (Lipinski definition) is 2. The van der Waals surface area contributed by atoms with Gasteiger partial charge in [-0.15, -0.1) is 10.2 Å². The summed E-state index contributed by atoms with van der Waals surface area (Å²) in [7, 11) is 1.78. The van der Waals surface area contributed by atoms with Crippen molar-refractivity contribution in [3.05, 3.63) is 41.7 Å². The average Bonchev–Trinajstić information content (AvgIpc) is 3.15. The van der Waals surface area contributed by atoms with Gasteiger partial charge in [-0.05, 0) is 23.6 Å². The summed E-state index contributed by atoms with van der Waals surface area (Å²) in [4.78, 5) is 1.49. The number of aromatic nitrogens is 4. The summed E-state index contributed by atoms with van der Waals surface area (Å²) in [5.41, 5.74) is 4.44. The summed E-state index contributed by atoms with van der Waals surface area (Å²) in [5, 5.41) is 12.3. The van der Waals surface area contributed by atoms with Crippen molar-refractivity contribution in [1.29, 1.82) is 0 Å². The van der Waals surface area contributed by atoms with E-state index in [1.165, 1.54) is 23.2 Å². The van der Waals surface area contributed by atoms with Gasteiger partial charge in [0.1, 0.15) is 0 Å². The Morgan fingerprint density at radius 2 is 2.00 bits per heavy atom. The van der Waals surface area contributed by atoms with E-state index in [-0.39, 0.29) is 11.5 Å². The number of benzene rings is 1. The molecule has 112 valence electrons. The number of tetrazole rings is 1. The molecule has 6 heteroatoms. The molecule has 0 radical (unpaired) electrons. The molecule has 1 aliphatic rings. The summed E-state index contributed by atoms with van der Waals surface area (Å²) in [6, 6.07) is 10.8. The van der Waals surface area contributed by atoms with Gasteiger partial charge in [0.05, 0.1) is 7.05 Å². The van der Waals surface area contributed by atoms with Crippen molar-refractivity contribution in [2.45, 2.75) is 43.6 Å². The number of aryl methyl sites for hydroxylation is 1. The van der Waals surface area contributed by atoms with Crippen LogP contribution in [0.5, 0.6) is 0 Å².